The molecule has 0 unspecified atom stereocenters. The molecule has 0 aliphatic rings. The minimum atomic E-state index is -1.50. The van der Waals surface area contributed by atoms with E-state index >= 15 is 0 Å². The summed E-state index contributed by atoms with van der Waals surface area (Å²) in [4.78, 5) is 18.6. The fourth-order valence-electron chi connectivity index (χ4n) is 3.50. The number of para-hydroxylation sites is 3. The number of hydrogen-bond acceptors (Lipinski definition) is 6. The Morgan fingerprint density at radius 3 is 1.36 bits per heavy atom. The molecule has 9 nitrogen and oxygen atoms in total. The lowest BCUT2D eigenvalue weighted by molar-refractivity contribution is -0.742. The zero-order valence-corrected chi connectivity index (χ0v) is 17.0. The average Bonchev–Trinajstić information content (AvgIpc) is 3.37. The van der Waals surface area contributed by atoms with Crippen molar-refractivity contribution in [2.75, 3.05) is 0 Å². The molecule has 0 atom stereocenters. The van der Waals surface area contributed by atoms with Crippen molar-refractivity contribution >= 4 is 49.6 Å². The zero-order valence-electron chi connectivity index (χ0n) is 17.0. The molecule has 1 N–H and O–H groups in total. The molecule has 0 aliphatic carbocycles. The smallest absolute Gasteiger partial charge is 0.291 e. The average molecular weight is 444 g/mol. The van der Waals surface area contributed by atoms with E-state index in [2.05, 4.69) is 12.1 Å². The number of nitro benzene ring substituents is 1. The van der Waals surface area contributed by atoms with Gasteiger partial charge in [0, 0.05) is 27.6 Å². The molecular formula is C24H16N2O7. The summed E-state index contributed by atoms with van der Waals surface area (Å²) in [6.45, 7) is 0. The van der Waals surface area contributed by atoms with E-state index < -0.39 is 10.0 Å². The van der Waals surface area contributed by atoms with Gasteiger partial charge in [-0.1, -0.05) is 54.6 Å². The van der Waals surface area contributed by atoms with Crippen LogP contribution >= 0.6 is 0 Å². The standard InChI is InChI=1S/C12H7NO3.C12H8O.HNO3/c14-13(15)8-5-6-10-9-3-1-2-4-11(9)16-12(10)7-8;1-3-7-11-9(5-1)10-6-2-4-8-12(10)13-11;2-1(3)4/h1-7H;1-8H;(H,2,3,4). The van der Waals surface area contributed by atoms with Crippen LogP contribution in [0.5, 0.6) is 0 Å². The summed E-state index contributed by atoms with van der Waals surface area (Å²) in [5.41, 5.74) is 3.27. The van der Waals surface area contributed by atoms with Crippen molar-refractivity contribution in [1.82, 2.24) is 0 Å². The van der Waals surface area contributed by atoms with Gasteiger partial charge in [-0.3, -0.25) is 10.1 Å². The van der Waals surface area contributed by atoms with Crippen LogP contribution < -0.4 is 0 Å². The highest BCUT2D eigenvalue weighted by Gasteiger charge is 2.11. The molecule has 2 heterocycles. The summed E-state index contributed by atoms with van der Waals surface area (Å²) in [6, 6.07) is 28.4. The third kappa shape index (κ3) is 4.57. The maximum Gasteiger partial charge on any atom is 0.291 e. The Bertz CT molecular complexity index is 1550. The molecule has 164 valence electrons. The van der Waals surface area contributed by atoms with Gasteiger partial charge < -0.3 is 14.0 Å². The van der Waals surface area contributed by atoms with Crippen LogP contribution in [0.4, 0.5) is 5.69 Å². The van der Waals surface area contributed by atoms with E-state index in [9.17, 15) is 10.1 Å². The molecule has 4 aromatic carbocycles. The van der Waals surface area contributed by atoms with Crippen LogP contribution in [0.2, 0.25) is 0 Å². The molecule has 6 rings (SSSR count). The fraction of sp³-hybridized carbons (Fsp3) is 0. The summed E-state index contributed by atoms with van der Waals surface area (Å²) in [7, 11) is 0. The second-order valence-electron chi connectivity index (χ2n) is 6.87. The Morgan fingerprint density at radius 1 is 0.576 bits per heavy atom. The maximum absolute atomic E-state index is 10.6. The van der Waals surface area contributed by atoms with Gasteiger partial charge >= 0.3 is 0 Å². The van der Waals surface area contributed by atoms with Crippen molar-refractivity contribution in [3.63, 3.8) is 0 Å². The van der Waals surface area contributed by atoms with E-state index in [-0.39, 0.29) is 5.69 Å². The van der Waals surface area contributed by atoms with Gasteiger partial charge in [0.05, 0.1) is 11.0 Å². The van der Waals surface area contributed by atoms with Gasteiger partial charge in [-0.15, -0.1) is 10.1 Å². The Kier molecular flexibility index (Phi) is 5.85. The number of furan rings is 2. The van der Waals surface area contributed by atoms with E-state index in [0.717, 1.165) is 27.5 Å². The summed E-state index contributed by atoms with van der Waals surface area (Å²) < 4.78 is 11.2. The van der Waals surface area contributed by atoms with Crippen LogP contribution in [-0.2, 0) is 0 Å². The van der Waals surface area contributed by atoms with Crippen molar-refractivity contribution in [2.24, 2.45) is 0 Å². The lowest BCUT2D eigenvalue weighted by Crippen LogP contribution is -1.85. The molecule has 6 aromatic rings. The quantitative estimate of drug-likeness (QED) is 0.219. The largest absolute Gasteiger partial charge is 0.456 e. The monoisotopic (exact) mass is 444 g/mol. The van der Waals surface area contributed by atoms with Gasteiger partial charge in [0.2, 0.25) is 0 Å². The van der Waals surface area contributed by atoms with E-state index in [4.69, 9.17) is 24.2 Å². The highest BCUT2D eigenvalue weighted by atomic mass is 16.9. The fourth-order valence-corrected chi connectivity index (χ4v) is 3.50. The Labute approximate surface area is 185 Å². The van der Waals surface area contributed by atoms with Crippen molar-refractivity contribution in [3.05, 3.63) is 111 Å². The van der Waals surface area contributed by atoms with Crippen LogP contribution in [0.3, 0.4) is 0 Å². The first-order valence-corrected chi connectivity index (χ1v) is 9.69. The number of nitro groups is 1. The van der Waals surface area contributed by atoms with Crippen molar-refractivity contribution in [3.8, 4) is 0 Å². The van der Waals surface area contributed by atoms with Crippen molar-refractivity contribution in [1.29, 1.82) is 0 Å². The molecule has 9 heteroatoms. The first kappa shape index (κ1) is 21.3. The minimum Gasteiger partial charge on any atom is -0.456 e. The second kappa shape index (κ2) is 9.06. The molecule has 0 amide bonds. The number of benzene rings is 4. The Balaban J connectivity index is 0.000000138. The van der Waals surface area contributed by atoms with Crippen molar-refractivity contribution < 1.29 is 24.1 Å². The molecule has 2 aromatic heterocycles. The van der Waals surface area contributed by atoms with E-state index in [1.54, 1.807) is 6.07 Å². The van der Waals surface area contributed by atoms with Crippen LogP contribution in [0.25, 0.3) is 43.9 Å². The Hall–Kier alpha value is -4.92. The maximum atomic E-state index is 10.6. The van der Waals surface area contributed by atoms with Crippen LogP contribution in [0, 0.1) is 20.2 Å². The van der Waals surface area contributed by atoms with Gasteiger partial charge in [0.1, 0.15) is 22.3 Å². The predicted molar refractivity (Wildman–Crippen MR) is 123 cm³/mol. The third-order valence-corrected chi connectivity index (χ3v) is 4.86. The predicted octanol–water partition coefficient (Wildman–Crippen LogP) is 6.73. The number of rotatable bonds is 1. The van der Waals surface area contributed by atoms with E-state index in [1.165, 1.54) is 22.9 Å². The van der Waals surface area contributed by atoms with Crippen LogP contribution in [0.1, 0.15) is 0 Å². The van der Waals surface area contributed by atoms with Gasteiger partial charge in [0.25, 0.3) is 10.8 Å². The van der Waals surface area contributed by atoms with Crippen molar-refractivity contribution in [2.45, 2.75) is 0 Å². The number of nitrogens with zero attached hydrogens (tertiary/aromatic N) is 2. The summed E-state index contributed by atoms with van der Waals surface area (Å²) in [5, 5.41) is 28.5. The van der Waals surface area contributed by atoms with Gasteiger partial charge in [-0.25, -0.2) is 0 Å². The van der Waals surface area contributed by atoms with Gasteiger partial charge in [-0.05, 0) is 24.3 Å². The van der Waals surface area contributed by atoms with Gasteiger partial charge in [-0.2, -0.15) is 0 Å². The molecule has 0 saturated carbocycles. The first-order valence-electron chi connectivity index (χ1n) is 9.69. The SMILES string of the molecule is O=[N+]([O-])O.O=[N+]([O-])c1ccc2c(c1)oc1ccccc12.c1ccc2c(c1)oc1ccccc12. The van der Waals surface area contributed by atoms with Gasteiger partial charge in [0.15, 0.2) is 0 Å². The Morgan fingerprint density at radius 2 is 0.939 bits per heavy atom. The number of fused-ring (bicyclic) bond motifs is 6. The second-order valence-corrected chi connectivity index (χ2v) is 6.87. The summed E-state index contributed by atoms with van der Waals surface area (Å²) in [5.74, 6) is 0. The topological polar surface area (TPSA) is 133 Å². The zero-order chi connectivity index (χ0) is 23.4. The number of hydrogen-bond donors (Lipinski definition) is 1. The molecule has 33 heavy (non-hydrogen) atoms. The molecule has 0 bridgehead atoms. The molecule has 0 spiro atoms. The minimum absolute atomic E-state index is 0.0477. The highest BCUT2D eigenvalue weighted by molar-refractivity contribution is 6.05. The van der Waals surface area contributed by atoms with Crippen LogP contribution in [-0.4, -0.2) is 15.2 Å². The third-order valence-electron chi connectivity index (χ3n) is 4.86. The first-order chi connectivity index (χ1) is 15.9. The molecule has 0 aliphatic heterocycles. The molecule has 0 radical (unpaired) electrons. The molecule has 0 saturated heterocycles. The highest BCUT2D eigenvalue weighted by Crippen LogP contribution is 2.31. The number of non-ortho nitro benzene ring substituents is 1. The van der Waals surface area contributed by atoms with E-state index in [1.807, 2.05) is 60.7 Å². The normalized spacial score (nSPS) is 10.4. The van der Waals surface area contributed by atoms with E-state index in [0.29, 0.717) is 5.58 Å². The molecule has 0 fully saturated rings. The summed E-state index contributed by atoms with van der Waals surface area (Å²) >= 11 is 0. The summed E-state index contributed by atoms with van der Waals surface area (Å²) in [6.07, 6.45) is 0. The molecular weight excluding hydrogens is 428 g/mol. The lowest BCUT2D eigenvalue weighted by atomic mass is 10.1. The van der Waals surface area contributed by atoms with Crippen LogP contribution in [0.15, 0.2) is 99.8 Å². The lowest BCUT2D eigenvalue weighted by Gasteiger charge is -1.90.